The fourth-order valence-corrected chi connectivity index (χ4v) is 3.28. The van der Waals surface area contributed by atoms with Crippen molar-refractivity contribution in [3.05, 3.63) is 60.0 Å². The maximum atomic E-state index is 9.24. The van der Waals surface area contributed by atoms with Crippen LogP contribution in [0.3, 0.4) is 0 Å². The second kappa shape index (κ2) is 6.49. The van der Waals surface area contributed by atoms with Gasteiger partial charge in [-0.25, -0.2) is 0 Å². The molecular formula is C19H18N4O2. The number of hydrogen-bond acceptors (Lipinski definition) is 5. The molecule has 0 aliphatic heterocycles. The molecule has 126 valence electrons. The topological polar surface area (TPSA) is 83.5 Å². The first-order chi connectivity index (χ1) is 12.3. The lowest BCUT2D eigenvalue weighted by atomic mass is 9.99. The molecule has 0 fully saturated rings. The summed E-state index contributed by atoms with van der Waals surface area (Å²) in [6.45, 7) is 0.488. The molecular weight excluding hydrogens is 316 g/mol. The van der Waals surface area contributed by atoms with Gasteiger partial charge in [-0.15, -0.1) is 0 Å². The van der Waals surface area contributed by atoms with E-state index < -0.39 is 0 Å². The molecule has 25 heavy (non-hydrogen) atoms. The summed E-state index contributed by atoms with van der Waals surface area (Å²) >= 11 is 0. The summed E-state index contributed by atoms with van der Waals surface area (Å²) < 4.78 is 1.76. The molecule has 0 bridgehead atoms. The zero-order valence-corrected chi connectivity index (χ0v) is 13.6. The van der Waals surface area contributed by atoms with Gasteiger partial charge in [0.25, 0.3) is 0 Å². The van der Waals surface area contributed by atoms with Crippen LogP contribution in [0.5, 0.6) is 0 Å². The molecule has 1 aromatic carbocycles. The molecule has 0 atom stereocenters. The van der Waals surface area contributed by atoms with E-state index in [1.807, 2.05) is 18.3 Å². The zero-order chi connectivity index (χ0) is 17.2. The monoisotopic (exact) mass is 334 g/mol. The first-order valence-electron chi connectivity index (χ1n) is 8.19. The molecule has 1 aliphatic carbocycles. The first kappa shape index (κ1) is 15.5. The van der Waals surface area contributed by atoms with Gasteiger partial charge in [-0.3, -0.25) is 9.67 Å². The average molecular weight is 334 g/mol. The van der Waals surface area contributed by atoms with Crippen molar-refractivity contribution in [2.75, 3.05) is 6.61 Å². The highest BCUT2D eigenvalue weighted by atomic mass is 16.4. The number of fused-ring (bicyclic) bond motifs is 1. The molecule has 6 nitrogen and oxygen atoms in total. The lowest BCUT2D eigenvalue weighted by molar-refractivity contribution is 0.269. The van der Waals surface area contributed by atoms with E-state index in [1.54, 1.807) is 17.1 Å². The van der Waals surface area contributed by atoms with Gasteiger partial charge in [0, 0.05) is 42.6 Å². The van der Waals surface area contributed by atoms with Crippen LogP contribution in [0.2, 0.25) is 0 Å². The normalized spacial score (nSPS) is 14.8. The summed E-state index contributed by atoms with van der Waals surface area (Å²) in [7, 11) is 0. The van der Waals surface area contributed by atoms with Gasteiger partial charge in [-0.05, 0) is 28.8 Å². The van der Waals surface area contributed by atoms with Crippen molar-refractivity contribution in [2.24, 2.45) is 5.16 Å². The molecule has 6 heteroatoms. The van der Waals surface area contributed by atoms with Crippen molar-refractivity contribution in [3.63, 3.8) is 0 Å². The number of rotatable bonds is 4. The molecule has 4 rings (SSSR count). The van der Waals surface area contributed by atoms with Crippen LogP contribution in [0, 0.1) is 0 Å². The third kappa shape index (κ3) is 2.92. The molecule has 0 unspecified atom stereocenters. The smallest absolute Gasteiger partial charge is 0.100 e. The van der Waals surface area contributed by atoms with Gasteiger partial charge in [0.05, 0.1) is 18.9 Å². The number of aliphatic hydroxyl groups is 1. The predicted molar refractivity (Wildman–Crippen MR) is 94.6 cm³/mol. The van der Waals surface area contributed by atoms with E-state index in [0.717, 1.165) is 28.1 Å². The molecule has 2 N–H and O–H groups in total. The molecule has 0 spiro atoms. The Balaban J connectivity index is 1.80. The SMILES string of the molecule is OCCn1cc(-c2ccc3c(c2)CC(=NO)C3)c(-c2ccncc2)n1. The minimum atomic E-state index is 0.0391. The van der Waals surface area contributed by atoms with Crippen LogP contribution >= 0.6 is 0 Å². The van der Waals surface area contributed by atoms with Crippen molar-refractivity contribution in [2.45, 2.75) is 19.4 Å². The van der Waals surface area contributed by atoms with Gasteiger partial charge < -0.3 is 10.3 Å². The summed E-state index contributed by atoms with van der Waals surface area (Å²) in [5, 5.41) is 26.3. The van der Waals surface area contributed by atoms with Gasteiger partial charge >= 0.3 is 0 Å². The van der Waals surface area contributed by atoms with E-state index in [-0.39, 0.29) is 6.61 Å². The highest BCUT2D eigenvalue weighted by Crippen LogP contribution is 2.33. The van der Waals surface area contributed by atoms with Crippen molar-refractivity contribution in [3.8, 4) is 22.4 Å². The number of aliphatic hydroxyl groups excluding tert-OH is 1. The van der Waals surface area contributed by atoms with Crippen LogP contribution in [0.25, 0.3) is 22.4 Å². The Morgan fingerprint density at radius 1 is 1.04 bits per heavy atom. The largest absolute Gasteiger partial charge is 0.411 e. The fraction of sp³-hybridized carbons (Fsp3) is 0.211. The predicted octanol–water partition coefficient (Wildman–Crippen LogP) is 2.53. The van der Waals surface area contributed by atoms with Crippen LogP contribution in [-0.2, 0) is 19.4 Å². The van der Waals surface area contributed by atoms with Gasteiger partial charge in [0.2, 0.25) is 0 Å². The van der Waals surface area contributed by atoms with E-state index in [4.69, 9.17) is 5.21 Å². The Hall–Kier alpha value is -2.99. The zero-order valence-electron chi connectivity index (χ0n) is 13.6. The Morgan fingerprint density at radius 3 is 2.60 bits per heavy atom. The summed E-state index contributed by atoms with van der Waals surface area (Å²) in [5.74, 6) is 0. The average Bonchev–Trinajstić information content (AvgIpc) is 3.25. The molecule has 0 saturated heterocycles. The third-order valence-electron chi connectivity index (χ3n) is 4.49. The molecule has 2 aromatic heterocycles. The van der Waals surface area contributed by atoms with E-state index in [1.165, 1.54) is 11.1 Å². The van der Waals surface area contributed by atoms with Crippen LogP contribution in [0.4, 0.5) is 0 Å². The first-order valence-corrected chi connectivity index (χ1v) is 8.19. The van der Waals surface area contributed by atoms with Crippen LogP contribution in [-0.4, -0.2) is 37.4 Å². The highest BCUT2D eigenvalue weighted by molar-refractivity contribution is 5.93. The van der Waals surface area contributed by atoms with E-state index >= 15 is 0 Å². The molecule has 0 saturated carbocycles. The summed E-state index contributed by atoms with van der Waals surface area (Å²) in [6.07, 6.45) is 6.83. The standard InChI is InChI=1S/C19H18N4O2/c24-8-7-23-12-18(19(21-23)13-3-5-20-6-4-13)15-2-1-14-10-17(22-25)11-16(14)9-15/h1-6,9,12,24-25H,7-8,10-11H2. The number of benzene rings is 1. The van der Waals surface area contributed by atoms with Crippen molar-refractivity contribution in [1.29, 1.82) is 0 Å². The lowest BCUT2D eigenvalue weighted by Crippen LogP contribution is -2.02. The minimum Gasteiger partial charge on any atom is -0.411 e. The number of oxime groups is 1. The third-order valence-corrected chi connectivity index (χ3v) is 4.49. The molecule has 0 amide bonds. The lowest BCUT2D eigenvalue weighted by Gasteiger charge is -2.05. The summed E-state index contributed by atoms with van der Waals surface area (Å²) in [6, 6.07) is 10.2. The van der Waals surface area contributed by atoms with Crippen LogP contribution < -0.4 is 0 Å². The quantitative estimate of drug-likeness (QED) is 0.567. The highest BCUT2D eigenvalue weighted by Gasteiger charge is 2.20. The second-order valence-electron chi connectivity index (χ2n) is 6.12. The van der Waals surface area contributed by atoms with Gasteiger partial charge in [-0.1, -0.05) is 23.4 Å². The second-order valence-corrected chi connectivity index (χ2v) is 6.12. The van der Waals surface area contributed by atoms with Gasteiger partial charge in [0.1, 0.15) is 5.69 Å². The minimum absolute atomic E-state index is 0.0391. The molecule has 0 radical (unpaired) electrons. The van der Waals surface area contributed by atoms with E-state index in [0.29, 0.717) is 19.4 Å². The van der Waals surface area contributed by atoms with E-state index in [2.05, 4.69) is 33.4 Å². The van der Waals surface area contributed by atoms with Gasteiger partial charge in [-0.2, -0.15) is 5.10 Å². The van der Waals surface area contributed by atoms with Gasteiger partial charge in [0.15, 0.2) is 0 Å². The number of pyridine rings is 1. The van der Waals surface area contributed by atoms with E-state index in [9.17, 15) is 5.11 Å². The van der Waals surface area contributed by atoms with Crippen molar-refractivity contribution in [1.82, 2.24) is 14.8 Å². The maximum absolute atomic E-state index is 9.24. The number of aromatic nitrogens is 3. The number of nitrogens with zero attached hydrogens (tertiary/aromatic N) is 4. The van der Waals surface area contributed by atoms with Crippen molar-refractivity contribution < 1.29 is 10.3 Å². The van der Waals surface area contributed by atoms with Crippen LogP contribution in [0.15, 0.2) is 54.1 Å². The molecule has 2 heterocycles. The Kier molecular flexibility index (Phi) is 4.03. The molecule has 1 aliphatic rings. The summed E-state index contributed by atoms with van der Waals surface area (Å²) in [4.78, 5) is 4.07. The van der Waals surface area contributed by atoms with Crippen molar-refractivity contribution >= 4 is 5.71 Å². The summed E-state index contributed by atoms with van der Waals surface area (Å²) in [5.41, 5.74) is 7.10. The Bertz CT molecular complexity index is 932. The molecule has 3 aromatic rings. The Morgan fingerprint density at radius 2 is 1.84 bits per heavy atom. The maximum Gasteiger partial charge on any atom is 0.100 e. The van der Waals surface area contributed by atoms with Crippen LogP contribution in [0.1, 0.15) is 11.1 Å². The fourth-order valence-electron chi connectivity index (χ4n) is 3.28. The Labute approximate surface area is 145 Å². The number of hydrogen-bond donors (Lipinski definition) is 2.